The highest BCUT2D eigenvalue weighted by atomic mass is 32.2. The maximum atomic E-state index is 11.1. The molecule has 0 aromatic rings. The van der Waals surface area contributed by atoms with Gasteiger partial charge in [0.15, 0.2) is 0 Å². The highest BCUT2D eigenvalue weighted by Crippen LogP contribution is 2.27. The third-order valence-electron chi connectivity index (χ3n) is 3.28. The second-order valence-corrected chi connectivity index (χ2v) is 6.96. The van der Waals surface area contributed by atoms with Gasteiger partial charge in [0.25, 0.3) is 0 Å². The average Bonchev–Trinajstić information content (AvgIpc) is 2.25. The zero-order chi connectivity index (χ0) is 12.2. The Hall–Kier alpha value is -0.600. The molecule has 0 radical (unpaired) electrons. The fourth-order valence-electron chi connectivity index (χ4n) is 2.27. The molecule has 0 bridgehead atoms. The van der Waals surface area contributed by atoms with E-state index in [0.29, 0.717) is 6.54 Å². The predicted octanol–water partition coefficient (Wildman–Crippen LogP) is 1.05. The van der Waals surface area contributed by atoms with Gasteiger partial charge in [-0.1, -0.05) is 12.8 Å². The molecule has 4 nitrogen and oxygen atoms in total. The lowest BCUT2D eigenvalue weighted by Gasteiger charge is -2.34. The second-order valence-electron chi connectivity index (χ2n) is 4.70. The maximum Gasteiger partial charge on any atom is 0.148 e. The first-order valence-corrected chi connectivity index (χ1v) is 7.77. The average molecular weight is 244 g/mol. The molecule has 0 heterocycles. The lowest BCUT2D eigenvalue weighted by Crippen LogP contribution is -2.41. The van der Waals surface area contributed by atoms with E-state index in [0.717, 1.165) is 25.7 Å². The molecule has 16 heavy (non-hydrogen) atoms. The van der Waals surface area contributed by atoms with Crippen LogP contribution in [0.3, 0.4) is 0 Å². The predicted molar refractivity (Wildman–Crippen MR) is 63.7 cm³/mol. The highest BCUT2D eigenvalue weighted by molar-refractivity contribution is 7.90. The molecular formula is C11H20N2O2S. The summed E-state index contributed by atoms with van der Waals surface area (Å²) < 4.78 is 22.2. The van der Waals surface area contributed by atoms with Crippen molar-refractivity contribution in [1.29, 1.82) is 5.26 Å². The van der Waals surface area contributed by atoms with Crippen LogP contribution in [0.4, 0.5) is 0 Å². The Kier molecular flexibility index (Phi) is 4.75. The van der Waals surface area contributed by atoms with Crippen molar-refractivity contribution >= 4 is 9.84 Å². The van der Waals surface area contributed by atoms with Gasteiger partial charge in [-0.2, -0.15) is 5.26 Å². The monoisotopic (exact) mass is 244 g/mol. The molecule has 1 rings (SSSR count). The lowest BCUT2D eigenvalue weighted by atomic mass is 9.85. The molecule has 0 N–H and O–H groups in total. The molecule has 0 aliphatic heterocycles. The van der Waals surface area contributed by atoms with Crippen LogP contribution >= 0.6 is 0 Å². The van der Waals surface area contributed by atoms with Crippen molar-refractivity contribution in [3.63, 3.8) is 0 Å². The molecule has 0 saturated heterocycles. The summed E-state index contributed by atoms with van der Waals surface area (Å²) >= 11 is 0. The normalized spacial score (nSPS) is 26.6. The van der Waals surface area contributed by atoms with Crippen molar-refractivity contribution < 1.29 is 8.42 Å². The Bertz CT molecular complexity index is 359. The van der Waals surface area contributed by atoms with Gasteiger partial charge in [0, 0.05) is 18.8 Å². The van der Waals surface area contributed by atoms with E-state index in [2.05, 4.69) is 6.07 Å². The molecule has 1 aliphatic rings. The molecule has 2 atom stereocenters. The number of hydrogen-bond acceptors (Lipinski definition) is 4. The molecule has 0 aromatic carbocycles. The Morgan fingerprint density at radius 3 is 2.56 bits per heavy atom. The molecule has 0 spiro atoms. The zero-order valence-electron chi connectivity index (χ0n) is 10.0. The van der Waals surface area contributed by atoms with Gasteiger partial charge in [0.2, 0.25) is 0 Å². The van der Waals surface area contributed by atoms with Crippen LogP contribution in [0, 0.1) is 17.2 Å². The Balaban J connectivity index is 2.52. The van der Waals surface area contributed by atoms with E-state index in [9.17, 15) is 8.42 Å². The van der Waals surface area contributed by atoms with Gasteiger partial charge in [-0.15, -0.1) is 0 Å². The Labute approximate surface area is 98.2 Å². The molecular weight excluding hydrogens is 224 g/mol. The van der Waals surface area contributed by atoms with Crippen molar-refractivity contribution in [2.24, 2.45) is 5.92 Å². The standard InChI is InChI=1S/C11H20N2O2S/c1-13(7-8-16(2,14)15)11-6-4-3-5-10(11)9-12/h10-11H,3-8H2,1-2H3. The van der Waals surface area contributed by atoms with Crippen LogP contribution < -0.4 is 0 Å². The number of hydrogen-bond donors (Lipinski definition) is 0. The lowest BCUT2D eigenvalue weighted by molar-refractivity contribution is 0.165. The maximum absolute atomic E-state index is 11.1. The molecule has 1 fully saturated rings. The van der Waals surface area contributed by atoms with Crippen LogP contribution in [0.25, 0.3) is 0 Å². The Morgan fingerprint density at radius 1 is 1.38 bits per heavy atom. The Morgan fingerprint density at radius 2 is 2.00 bits per heavy atom. The van der Waals surface area contributed by atoms with Crippen LogP contribution in [0.1, 0.15) is 25.7 Å². The van der Waals surface area contributed by atoms with Gasteiger partial charge >= 0.3 is 0 Å². The van der Waals surface area contributed by atoms with Gasteiger partial charge in [-0.3, -0.25) is 0 Å². The van der Waals surface area contributed by atoms with E-state index >= 15 is 0 Å². The van der Waals surface area contributed by atoms with Crippen molar-refractivity contribution in [3.05, 3.63) is 0 Å². The van der Waals surface area contributed by atoms with Crippen molar-refractivity contribution in [2.45, 2.75) is 31.7 Å². The van der Waals surface area contributed by atoms with E-state index in [-0.39, 0.29) is 17.7 Å². The zero-order valence-corrected chi connectivity index (χ0v) is 10.8. The summed E-state index contributed by atoms with van der Waals surface area (Å²) in [4.78, 5) is 2.04. The molecule has 0 aromatic heterocycles. The van der Waals surface area contributed by atoms with E-state index in [1.54, 1.807) is 0 Å². The van der Waals surface area contributed by atoms with Crippen molar-refractivity contribution in [3.8, 4) is 6.07 Å². The summed E-state index contributed by atoms with van der Waals surface area (Å²) in [6.45, 7) is 0.529. The summed E-state index contributed by atoms with van der Waals surface area (Å²) in [6.07, 6.45) is 5.48. The molecule has 1 saturated carbocycles. The second kappa shape index (κ2) is 5.65. The number of nitriles is 1. The summed E-state index contributed by atoms with van der Waals surface area (Å²) in [5.41, 5.74) is 0. The van der Waals surface area contributed by atoms with Gasteiger partial charge in [-0.05, 0) is 19.9 Å². The first-order chi connectivity index (χ1) is 7.44. The largest absolute Gasteiger partial charge is 0.301 e. The van der Waals surface area contributed by atoms with E-state index in [1.807, 2.05) is 11.9 Å². The third-order valence-corrected chi connectivity index (χ3v) is 4.20. The minimum absolute atomic E-state index is 0.0679. The molecule has 2 unspecified atom stereocenters. The number of rotatable bonds is 4. The summed E-state index contributed by atoms with van der Waals surface area (Å²) in [5, 5.41) is 9.04. The fraction of sp³-hybridized carbons (Fsp3) is 0.909. The fourth-order valence-corrected chi connectivity index (χ4v) is 2.88. The molecule has 5 heteroatoms. The van der Waals surface area contributed by atoms with Gasteiger partial charge in [0.1, 0.15) is 9.84 Å². The van der Waals surface area contributed by atoms with Gasteiger partial charge in [-0.25, -0.2) is 8.42 Å². The van der Waals surface area contributed by atoms with Crippen LogP contribution in [0.15, 0.2) is 0 Å². The van der Waals surface area contributed by atoms with Crippen LogP contribution in [-0.4, -0.2) is 45.0 Å². The topological polar surface area (TPSA) is 61.2 Å². The summed E-state index contributed by atoms with van der Waals surface area (Å²) in [6, 6.07) is 2.58. The van der Waals surface area contributed by atoms with Crippen molar-refractivity contribution in [1.82, 2.24) is 4.90 Å². The number of nitrogens with zero attached hydrogens (tertiary/aromatic N) is 2. The minimum Gasteiger partial charge on any atom is -0.301 e. The summed E-state index contributed by atoms with van der Waals surface area (Å²) in [7, 11) is -0.985. The van der Waals surface area contributed by atoms with Gasteiger partial charge < -0.3 is 4.90 Å². The number of sulfone groups is 1. The van der Waals surface area contributed by atoms with E-state index in [4.69, 9.17) is 5.26 Å². The smallest absolute Gasteiger partial charge is 0.148 e. The summed E-state index contributed by atoms with van der Waals surface area (Å²) in [5.74, 6) is 0.247. The van der Waals surface area contributed by atoms with Crippen LogP contribution in [-0.2, 0) is 9.84 Å². The first kappa shape index (κ1) is 13.5. The highest BCUT2D eigenvalue weighted by Gasteiger charge is 2.28. The van der Waals surface area contributed by atoms with E-state index < -0.39 is 9.84 Å². The van der Waals surface area contributed by atoms with Gasteiger partial charge in [0.05, 0.1) is 17.7 Å². The van der Waals surface area contributed by atoms with Crippen LogP contribution in [0.5, 0.6) is 0 Å². The SMILES string of the molecule is CN(CCS(C)(=O)=O)C1CCCCC1C#N. The van der Waals surface area contributed by atoms with Crippen molar-refractivity contribution in [2.75, 3.05) is 25.6 Å². The molecule has 92 valence electrons. The third kappa shape index (κ3) is 4.11. The van der Waals surface area contributed by atoms with Crippen LogP contribution in [0.2, 0.25) is 0 Å². The molecule has 0 amide bonds. The molecule has 1 aliphatic carbocycles. The quantitative estimate of drug-likeness (QED) is 0.741. The van der Waals surface area contributed by atoms with E-state index in [1.165, 1.54) is 6.26 Å². The minimum atomic E-state index is -2.91. The first-order valence-electron chi connectivity index (χ1n) is 5.71.